The number of nitrogens with two attached hydrogens (primary N) is 1. The molecule has 0 atom stereocenters. The van der Waals surface area contributed by atoms with Crippen LogP contribution in [0.15, 0.2) is 18.2 Å². The molecule has 94 valence electrons. The summed E-state index contributed by atoms with van der Waals surface area (Å²) in [7, 11) is 0. The number of hydrogen-bond donors (Lipinski definition) is 1. The van der Waals surface area contributed by atoms with Crippen molar-refractivity contribution in [3.05, 3.63) is 24.0 Å². The summed E-state index contributed by atoms with van der Waals surface area (Å²) in [5, 5.41) is 0. The van der Waals surface area contributed by atoms with Crippen LogP contribution in [0, 0.1) is 5.92 Å². The summed E-state index contributed by atoms with van der Waals surface area (Å²) in [4.78, 5) is 4.84. The van der Waals surface area contributed by atoms with Crippen molar-refractivity contribution < 1.29 is 0 Å². The van der Waals surface area contributed by atoms with Crippen LogP contribution in [-0.4, -0.2) is 9.55 Å². The van der Waals surface area contributed by atoms with Crippen LogP contribution in [0.1, 0.15) is 44.0 Å². The number of nitrogen functional groups attached to an aromatic ring is 1. The number of hydrogen-bond acceptors (Lipinski definition) is 2. The average Bonchev–Trinajstić information content (AvgIpc) is 3.06. The van der Waals surface area contributed by atoms with Gasteiger partial charge in [-0.15, -0.1) is 0 Å². The molecular formula is C15H19N3. The van der Waals surface area contributed by atoms with Gasteiger partial charge < -0.3 is 10.3 Å². The van der Waals surface area contributed by atoms with Crippen LogP contribution in [0.5, 0.6) is 0 Å². The lowest BCUT2D eigenvalue weighted by atomic mass is 9.83. The van der Waals surface area contributed by atoms with Gasteiger partial charge in [0.2, 0.25) is 0 Å². The zero-order valence-corrected chi connectivity index (χ0v) is 10.6. The molecule has 2 aromatic rings. The molecule has 0 bridgehead atoms. The Morgan fingerprint density at radius 2 is 2.06 bits per heavy atom. The minimum absolute atomic E-state index is 0.687. The van der Waals surface area contributed by atoms with Crippen LogP contribution in [0.3, 0.4) is 0 Å². The van der Waals surface area contributed by atoms with Crippen molar-refractivity contribution >= 4 is 16.7 Å². The predicted molar refractivity (Wildman–Crippen MR) is 73.5 cm³/mol. The molecule has 2 N–H and O–H groups in total. The second kappa shape index (κ2) is 3.74. The van der Waals surface area contributed by atoms with Gasteiger partial charge in [0.15, 0.2) is 0 Å². The predicted octanol–water partition coefficient (Wildman–Crippen LogP) is 3.30. The average molecular weight is 241 g/mol. The molecule has 4 rings (SSSR count). The van der Waals surface area contributed by atoms with Crippen LogP contribution in [0.4, 0.5) is 5.69 Å². The third-order valence-corrected chi connectivity index (χ3v) is 4.39. The van der Waals surface area contributed by atoms with E-state index in [1.807, 2.05) is 6.07 Å². The first kappa shape index (κ1) is 10.4. The second-order valence-electron chi connectivity index (χ2n) is 5.88. The molecule has 0 amide bonds. The molecule has 1 aromatic carbocycles. The monoisotopic (exact) mass is 241 g/mol. The minimum atomic E-state index is 0.687. The van der Waals surface area contributed by atoms with Gasteiger partial charge in [-0.2, -0.15) is 0 Å². The van der Waals surface area contributed by atoms with Gasteiger partial charge >= 0.3 is 0 Å². The summed E-state index contributed by atoms with van der Waals surface area (Å²) in [6.07, 6.45) is 7.94. The van der Waals surface area contributed by atoms with E-state index in [0.29, 0.717) is 6.04 Å². The number of fused-ring (bicyclic) bond motifs is 1. The summed E-state index contributed by atoms with van der Waals surface area (Å²) in [6.45, 7) is 0. The van der Waals surface area contributed by atoms with E-state index < -0.39 is 0 Å². The first-order valence-corrected chi connectivity index (χ1v) is 7.07. The molecule has 2 saturated carbocycles. The number of aromatic nitrogens is 2. The minimum Gasteiger partial charge on any atom is -0.399 e. The van der Waals surface area contributed by atoms with E-state index in [0.717, 1.165) is 23.5 Å². The Morgan fingerprint density at radius 1 is 1.22 bits per heavy atom. The van der Waals surface area contributed by atoms with E-state index in [1.54, 1.807) is 0 Å². The van der Waals surface area contributed by atoms with Crippen LogP contribution < -0.4 is 5.73 Å². The molecule has 3 heteroatoms. The number of rotatable bonds is 3. The molecule has 0 spiro atoms. The number of imidazole rings is 1. The van der Waals surface area contributed by atoms with Gasteiger partial charge in [-0.05, 0) is 37.0 Å². The number of anilines is 1. The first-order valence-electron chi connectivity index (χ1n) is 7.07. The highest BCUT2D eigenvalue weighted by Gasteiger charge is 2.30. The van der Waals surface area contributed by atoms with Gasteiger partial charge in [0.05, 0.1) is 11.0 Å². The van der Waals surface area contributed by atoms with E-state index in [4.69, 9.17) is 10.7 Å². The van der Waals surface area contributed by atoms with E-state index in [2.05, 4.69) is 16.7 Å². The standard InChI is InChI=1S/C15H19N3/c16-11-4-7-13-14(9-11)18(12-5-6-12)15(17-13)8-10-2-1-3-10/h4,7,9-10,12H,1-3,5-6,8,16H2. The maximum atomic E-state index is 5.92. The maximum absolute atomic E-state index is 5.92. The lowest BCUT2D eigenvalue weighted by molar-refractivity contribution is 0.306. The van der Waals surface area contributed by atoms with Crippen molar-refractivity contribution in [1.29, 1.82) is 0 Å². The van der Waals surface area contributed by atoms with Gasteiger partial charge in [0.25, 0.3) is 0 Å². The molecule has 3 nitrogen and oxygen atoms in total. The van der Waals surface area contributed by atoms with Crippen molar-refractivity contribution in [3.8, 4) is 0 Å². The summed E-state index contributed by atoms with van der Waals surface area (Å²) in [5.41, 5.74) is 9.13. The normalized spacial score (nSPS) is 20.2. The topological polar surface area (TPSA) is 43.8 Å². The van der Waals surface area contributed by atoms with Crippen molar-refractivity contribution in [3.63, 3.8) is 0 Å². The van der Waals surface area contributed by atoms with E-state index in [-0.39, 0.29) is 0 Å². The van der Waals surface area contributed by atoms with E-state index >= 15 is 0 Å². The van der Waals surface area contributed by atoms with Crippen molar-refractivity contribution in [2.75, 3.05) is 5.73 Å². The van der Waals surface area contributed by atoms with Crippen LogP contribution in [0.25, 0.3) is 11.0 Å². The fraction of sp³-hybridized carbons (Fsp3) is 0.533. The Hall–Kier alpha value is -1.51. The Bertz CT molecular complexity index is 591. The molecule has 0 unspecified atom stereocenters. The molecule has 1 heterocycles. The zero-order valence-electron chi connectivity index (χ0n) is 10.6. The highest BCUT2D eigenvalue weighted by Crippen LogP contribution is 2.40. The quantitative estimate of drug-likeness (QED) is 0.838. The smallest absolute Gasteiger partial charge is 0.110 e. The molecular weight excluding hydrogens is 222 g/mol. The van der Waals surface area contributed by atoms with Crippen molar-refractivity contribution in [1.82, 2.24) is 9.55 Å². The van der Waals surface area contributed by atoms with Gasteiger partial charge in [0.1, 0.15) is 5.82 Å². The summed E-state index contributed by atoms with van der Waals surface area (Å²) in [5.74, 6) is 2.17. The molecule has 2 fully saturated rings. The SMILES string of the molecule is Nc1ccc2nc(CC3CCC3)n(C3CC3)c2c1. The zero-order chi connectivity index (χ0) is 12.1. The van der Waals surface area contributed by atoms with Gasteiger partial charge in [-0.25, -0.2) is 4.98 Å². The molecule has 0 saturated heterocycles. The molecule has 1 aromatic heterocycles. The highest BCUT2D eigenvalue weighted by atomic mass is 15.1. The Balaban J connectivity index is 1.81. The van der Waals surface area contributed by atoms with Gasteiger partial charge in [-0.1, -0.05) is 19.3 Å². The third kappa shape index (κ3) is 1.61. The van der Waals surface area contributed by atoms with Crippen LogP contribution in [-0.2, 0) is 6.42 Å². The molecule has 0 aliphatic heterocycles. The summed E-state index contributed by atoms with van der Waals surface area (Å²) >= 11 is 0. The Kier molecular flexibility index (Phi) is 2.16. The summed E-state index contributed by atoms with van der Waals surface area (Å²) < 4.78 is 2.46. The Morgan fingerprint density at radius 3 is 2.72 bits per heavy atom. The van der Waals surface area contributed by atoms with Gasteiger partial charge in [0, 0.05) is 18.2 Å². The molecule has 2 aliphatic carbocycles. The third-order valence-electron chi connectivity index (χ3n) is 4.39. The fourth-order valence-corrected chi connectivity index (χ4v) is 3.00. The van der Waals surface area contributed by atoms with Crippen molar-refractivity contribution in [2.24, 2.45) is 5.92 Å². The Labute approximate surface area is 107 Å². The van der Waals surface area contributed by atoms with E-state index in [1.165, 1.54) is 43.4 Å². The lowest BCUT2D eigenvalue weighted by Crippen LogP contribution is -2.16. The fourth-order valence-electron chi connectivity index (χ4n) is 3.00. The van der Waals surface area contributed by atoms with E-state index in [9.17, 15) is 0 Å². The highest BCUT2D eigenvalue weighted by molar-refractivity contribution is 5.80. The van der Waals surface area contributed by atoms with Crippen LogP contribution >= 0.6 is 0 Å². The molecule has 2 aliphatic rings. The maximum Gasteiger partial charge on any atom is 0.110 e. The first-order chi connectivity index (χ1) is 8.81. The summed E-state index contributed by atoms with van der Waals surface area (Å²) in [6, 6.07) is 6.80. The molecule has 18 heavy (non-hydrogen) atoms. The lowest BCUT2D eigenvalue weighted by Gasteiger charge is -2.25. The largest absolute Gasteiger partial charge is 0.399 e. The second-order valence-corrected chi connectivity index (χ2v) is 5.88. The number of nitrogens with zero attached hydrogens (tertiary/aromatic N) is 2. The van der Waals surface area contributed by atoms with Crippen molar-refractivity contribution in [2.45, 2.75) is 44.6 Å². The van der Waals surface area contributed by atoms with Crippen LogP contribution in [0.2, 0.25) is 0 Å². The number of benzene rings is 1. The van der Waals surface area contributed by atoms with Gasteiger partial charge in [-0.3, -0.25) is 0 Å². The molecule has 0 radical (unpaired) electrons.